The predicted octanol–water partition coefficient (Wildman–Crippen LogP) is 4.31. The van der Waals surface area contributed by atoms with Crippen LogP contribution in [-0.2, 0) is 0 Å². The Morgan fingerprint density at radius 3 is 2.39 bits per heavy atom. The molecule has 126 valence electrons. The van der Waals surface area contributed by atoms with E-state index in [9.17, 15) is 4.79 Å². The number of benzene rings is 1. The Labute approximate surface area is 140 Å². The smallest absolute Gasteiger partial charge is 0.165 e. The van der Waals surface area contributed by atoms with Crippen LogP contribution >= 0.6 is 0 Å². The summed E-state index contributed by atoms with van der Waals surface area (Å²) in [7, 11) is 0. The molecule has 2 fully saturated rings. The summed E-state index contributed by atoms with van der Waals surface area (Å²) in [6.45, 7) is 4.39. The van der Waals surface area contributed by atoms with Gasteiger partial charge in [-0.1, -0.05) is 19.3 Å². The molecule has 0 radical (unpaired) electrons. The Bertz CT molecular complexity index is 485. The molecule has 1 aromatic rings. The molecule has 0 spiro atoms. The maximum absolute atomic E-state index is 12.3. The molecule has 1 saturated carbocycles. The number of ether oxygens (including phenoxy) is 1. The number of carbonyl (C=O) groups excluding carboxylic acids is 1. The topological polar surface area (TPSA) is 29.5 Å². The van der Waals surface area contributed by atoms with E-state index in [4.69, 9.17) is 4.74 Å². The first-order valence-electron chi connectivity index (χ1n) is 9.32. The molecule has 1 saturated heterocycles. The first-order chi connectivity index (χ1) is 11.3. The summed E-state index contributed by atoms with van der Waals surface area (Å²) < 4.78 is 5.82. The number of hydrogen-bond donors (Lipinski definition) is 0. The van der Waals surface area contributed by atoms with Crippen molar-refractivity contribution < 1.29 is 9.53 Å². The number of piperidine rings is 1. The van der Waals surface area contributed by atoms with Crippen LogP contribution in [0, 0.1) is 5.92 Å². The van der Waals surface area contributed by atoms with Crippen LogP contribution in [0.2, 0.25) is 0 Å². The Hall–Kier alpha value is -1.35. The number of nitrogens with zero attached hydrogens (tertiary/aromatic N) is 1. The van der Waals surface area contributed by atoms with Crippen LogP contribution in [-0.4, -0.2) is 36.9 Å². The van der Waals surface area contributed by atoms with Gasteiger partial charge in [0, 0.05) is 18.0 Å². The second-order valence-corrected chi connectivity index (χ2v) is 6.97. The fraction of sp³-hybridized carbons (Fsp3) is 0.650. The van der Waals surface area contributed by atoms with Gasteiger partial charge in [-0.2, -0.15) is 0 Å². The van der Waals surface area contributed by atoms with Gasteiger partial charge in [-0.3, -0.25) is 4.79 Å². The molecule has 1 heterocycles. The van der Waals surface area contributed by atoms with Crippen molar-refractivity contribution in [1.82, 2.24) is 4.90 Å². The molecule has 0 N–H and O–H groups in total. The molecule has 23 heavy (non-hydrogen) atoms. The van der Waals surface area contributed by atoms with Crippen molar-refractivity contribution >= 4 is 5.78 Å². The standard InChI is InChI=1S/C20H29NO2/c22-20(17-7-2-3-8-17)18-9-11-19(12-10-18)23-16-6-15-21-13-4-1-5-14-21/h9-12,17H,1-8,13-16H2. The molecule has 3 heteroatoms. The lowest BCUT2D eigenvalue weighted by molar-refractivity contribution is 0.0923. The van der Waals surface area contributed by atoms with Gasteiger partial charge in [-0.05, 0) is 69.5 Å². The molecule has 1 aliphatic heterocycles. The maximum Gasteiger partial charge on any atom is 0.165 e. The summed E-state index contributed by atoms with van der Waals surface area (Å²) in [5, 5.41) is 0. The van der Waals surface area contributed by atoms with Crippen molar-refractivity contribution in [3.8, 4) is 5.75 Å². The SMILES string of the molecule is O=C(c1ccc(OCCCN2CCCCC2)cc1)C1CCCC1. The Kier molecular flexibility index (Phi) is 6.09. The van der Waals surface area contributed by atoms with Gasteiger partial charge in [0.2, 0.25) is 0 Å². The summed E-state index contributed by atoms with van der Waals surface area (Å²) in [5.74, 6) is 1.46. The van der Waals surface area contributed by atoms with E-state index in [1.807, 2.05) is 24.3 Å². The molecule has 0 unspecified atom stereocenters. The van der Waals surface area contributed by atoms with Crippen LogP contribution in [0.3, 0.4) is 0 Å². The minimum Gasteiger partial charge on any atom is -0.494 e. The summed E-state index contributed by atoms with van der Waals surface area (Å²) in [6, 6.07) is 7.76. The van der Waals surface area contributed by atoms with Crippen molar-refractivity contribution in [3.63, 3.8) is 0 Å². The van der Waals surface area contributed by atoms with E-state index in [0.717, 1.165) is 43.7 Å². The molecule has 0 aromatic heterocycles. The molecule has 3 nitrogen and oxygen atoms in total. The zero-order chi connectivity index (χ0) is 15.9. The predicted molar refractivity (Wildman–Crippen MR) is 93.1 cm³/mol. The number of rotatable bonds is 7. The number of Topliss-reactive ketones (excluding diaryl/α,β-unsaturated/α-hetero) is 1. The summed E-state index contributed by atoms with van der Waals surface area (Å²) in [4.78, 5) is 14.9. The highest BCUT2D eigenvalue weighted by molar-refractivity contribution is 5.98. The largest absolute Gasteiger partial charge is 0.494 e. The number of likely N-dealkylation sites (tertiary alicyclic amines) is 1. The van der Waals surface area contributed by atoms with Crippen LogP contribution in [0.15, 0.2) is 24.3 Å². The van der Waals surface area contributed by atoms with E-state index < -0.39 is 0 Å². The zero-order valence-corrected chi connectivity index (χ0v) is 14.1. The van der Waals surface area contributed by atoms with Crippen molar-refractivity contribution in [2.24, 2.45) is 5.92 Å². The van der Waals surface area contributed by atoms with Crippen molar-refractivity contribution in [2.45, 2.75) is 51.4 Å². The molecule has 0 bridgehead atoms. The van der Waals surface area contributed by atoms with E-state index in [-0.39, 0.29) is 5.92 Å². The molecule has 1 aliphatic carbocycles. The van der Waals surface area contributed by atoms with E-state index >= 15 is 0 Å². The number of ketones is 1. The highest BCUT2D eigenvalue weighted by Crippen LogP contribution is 2.28. The lowest BCUT2D eigenvalue weighted by Gasteiger charge is -2.26. The first kappa shape index (κ1) is 16.5. The molecule has 0 amide bonds. The average Bonchev–Trinajstić information content (AvgIpc) is 3.14. The van der Waals surface area contributed by atoms with Crippen molar-refractivity contribution in [3.05, 3.63) is 29.8 Å². The monoisotopic (exact) mass is 315 g/mol. The fourth-order valence-electron chi connectivity index (χ4n) is 3.80. The van der Waals surface area contributed by atoms with Crippen molar-refractivity contribution in [1.29, 1.82) is 0 Å². The second kappa shape index (κ2) is 8.49. The second-order valence-electron chi connectivity index (χ2n) is 6.97. The van der Waals surface area contributed by atoms with Crippen LogP contribution in [0.4, 0.5) is 0 Å². The highest BCUT2D eigenvalue weighted by atomic mass is 16.5. The van der Waals surface area contributed by atoms with E-state index in [2.05, 4.69) is 4.90 Å². The van der Waals surface area contributed by atoms with Gasteiger partial charge in [-0.15, -0.1) is 0 Å². The van der Waals surface area contributed by atoms with Gasteiger partial charge in [-0.25, -0.2) is 0 Å². The Morgan fingerprint density at radius 2 is 1.70 bits per heavy atom. The molecule has 2 aliphatic rings. The Morgan fingerprint density at radius 1 is 1.00 bits per heavy atom. The third kappa shape index (κ3) is 4.81. The van der Waals surface area contributed by atoms with E-state index in [1.54, 1.807) is 0 Å². The zero-order valence-electron chi connectivity index (χ0n) is 14.1. The molecular formula is C20H29NO2. The third-order valence-corrected chi connectivity index (χ3v) is 5.20. The normalized spacial score (nSPS) is 19.8. The van der Waals surface area contributed by atoms with Gasteiger partial charge in [0.25, 0.3) is 0 Å². The summed E-state index contributed by atoms with van der Waals surface area (Å²) >= 11 is 0. The van der Waals surface area contributed by atoms with Gasteiger partial charge < -0.3 is 9.64 Å². The van der Waals surface area contributed by atoms with Gasteiger partial charge >= 0.3 is 0 Å². The minimum absolute atomic E-state index is 0.256. The van der Waals surface area contributed by atoms with Gasteiger partial charge in [0.1, 0.15) is 5.75 Å². The lowest BCUT2D eigenvalue weighted by atomic mass is 9.96. The quantitative estimate of drug-likeness (QED) is 0.554. The van der Waals surface area contributed by atoms with Gasteiger partial charge in [0.15, 0.2) is 5.78 Å². The maximum atomic E-state index is 12.3. The molecule has 3 rings (SSSR count). The summed E-state index contributed by atoms with van der Waals surface area (Å²) in [5.41, 5.74) is 0.845. The first-order valence-corrected chi connectivity index (χ1v) is 9.32. The minimum atomic E-state index is 0.256. The summed E-state index contributed by atoms with van der Waals surface area (Å²) in [6.07, 6.45) is 9.68. The van der Waals surface area contributed by atoms with Crippen LogP contribution < -0.4 is 4.74 Å². The van der Waals surface area contributed by atoms with Gasteiger partial charge in [0.05, 0.1) is 6.61 Å². The third-order valence-electron chi connectivity index (χ3n) is 5.20. The van der Waals surface area contributed by atoms with Crippen LogP contribution in [0.25, 0.3) is 0 Å². The molecular weight excluding hydrogens is 286 g/mol. The number of carbonyl (C=O) groups is 1. The lowest BCUT2D eigenvalue weighted by Crippen LogP contribution is -2.31. The van der Waals surface area contributed by atoms with Crippen LogP contribution in [0.5, 0.6) is 5.75 Å². The number of hydrogen-bond acceptors (Lipinski definition) is 3. The fourth-order valence-corrected chi connectivity index (χ4v) is 3.80. The Balaban J connectivity index is 1.39. The van der Waals surface area contributed by atoms with E-state index in [1.165, 1.54) is 45.2 Å². The highest BCUT2D eigenvalue weighted by Gasteiger charge is 2.23. The van der Waals surface area contributed by atoms with Crippen LogP contribution in [0.1, 0.15) is 61.7 Å². The molecule has 0 atom stereocenters. The average molecular weight is 315 g/mol. The van der Waals surface area contributed by atoms with E-state index in [0.29, 0.717) is 5.78 Å². The molecule has 1 aromatic carbocycles. The van der Waals surface area contributed by atoms with Crippen molar-refractivity contribution in [2.75, 3.05) is 26.2 Å².